The Balaban J connectivity index is 0.000000204. The SMILES string of the molecule is COC(=O)c1ccc(Oc2cccc(Cl)c2)cc1NC(=O)c1ccccc1.O=C(Nc1cc(Oc2cccc(Cl)c2)ccc1C(=O)O)c1ccccc1. The highest BCUT2D eigenvalue weighted by Crippen LogP contribution is 2.30. The van der Waals surface area contributed by atoms with Crippen molar-refractivity contribution in [3.63, 3.8) is 0 Å². The summed E-state index contributed by atoms with van der Waals surface area (Å²) >= 11 is 11.9. The first-order valence-electron chi connectivity index (χ1n) is 15.8. The largest absolute Gasteiger partial charge is 0.478 e. The lowest BCUT2D eigenvalue weighted by molar-refractivity contribution is 0.0600. The molecule has 266 valence electrons. The Morgan fingerprint density at radius 2 is 0.925 bits per heavy atom. The third kappa shape index (κ3) is 10.7. The molecule has 53 heavy (non-hydrogen) atoms. The van der Waals surface area contributed by atoms with Crippen LogP contribution >= 0.6 is 23.2 Å². The molecule has 0 atom stereocenters. The van der Waals surface area contributed by atoms with Crippen LogP contribution in [0.1, 0.15) is 41.4 Å². The van der Waals surface area contributed by atoms with Gasteiger partial charge < -0.3 is 30.0 Å². The minimum absolute atomic E-state index is 0.0345. The number of carbonyl (C=O) groups excluding carboxylic acids is 3. The second-order valence-corrected chi connectivity index (χ2v) is 11.8. The maximum Gasteiger partial charge on any atom is 0.339 e. The zero-order chi connectivity index (χ0) is 37.7. The van der Waals surface area contributed by atoms with Crippen LogP contribution in [0.25, 0.3) is 0 Å². The van der Waals surface area contributed by atoms with Crippen molar-refractivity contribution in [1.82, 2.24) is 0 Å². The molecule has 0 fully saturated rings. The minimum Gasteiger partial charge on any atom is -0.478 e. The van der Waals surface area contributed by atoms with Crippen molar-refractivity contribution in [2.24, 2.45) is 0 Å². The zero-order valence-corrected chi connectivity index (χ0v) is 29.4. The molecule has 0 spiro atoms. The van der Waals surface area contributed by atoms with Crippen LogP contribution in [0.3, 0.4) is 0 Å². The Bertz CT molecular complexity index is 2250. The first kappa shape index (κ1) is 37.6. The number of carboxylic acids is 1. The van der Waals surface area contributed by atoms with Crippen LogP contribution in [0, 0.1) is 0 Å². The Morgan fingerprint density at radius 1 is 0.509 bits per heavy atom. The topological polar surface area (TPSA) is 140 Å². The fraction of sp³-hybridized carbons (Fsp3) is 0.0244. The Morgan fingerprint density at radius 3 is 1.34 bits per heavy atom. The molecular weight excluding hydrogens is 719 g/mol. The number of ether oxygens (including phenoxy) is 3. The Hall–Kier alpha value is -6.62. The highest BCUT2D eigenvalue weighted by molar-refractivity contribution is 6.31. The summed E-state index contributed by atoms with van der Waals surface area (Å²) in [5.74, 6) is -0.618. The molecule has 6 rings (SSSR count). The molecule has 12 heteroatoms. The van der Waals surface area contributed by atoms with Crippen molar-refractivity contribution < 1.29 is 38.5 Å². The predicted molar refractivity (Wildman–Crippen MR) is 203 cm³/mol. The number of anilines is 2. The third-order valence-electron chi connectivity index (χ3n) is 7.25. The van der Waals surface area contributed by atoms with E-state index in [-0.39, 0.29) is 28.4 Å². The monoisotopic (exact) mass is 748 g/mol. The van der Waals surface area contributed by atoms with Gasteiger partial charge in [0.15, 0.2) is 0 Å². The molecule has 0 unspecified atom stereocenters. The molecular formula is C41H30Cl2N2O8. The van der Waals surface area contributed by atoms with Crippen LogP contribution in [-0.4, -0.2) is 36.0 Å². The van der Waals surface area contributed by atoms with Crippen molar-refractivity contribution >= 4 is 58.3 Å². The van der Waals surface area contributed by atoms with Crippen LogP contribution in [0.2, 0.25) is 10.0 Å². The number of hydrogen-bond donors (Lipinski definition) is 3. The van der Waals surface area contributed by atoms with Crippen molar-refractivity contribution in [1.29, 1.82) is 0 Å². The van der Waals surface area contributed by atoms with Crippen molar-refractivity contribution in [2.45, 2.75) is 0 Å². The van der Waals surface area contributed by atoms with E-state index in [1.807, 2.05) is 6.07 Å². The molecule has 0 aliphatic rings. The summed E-state index contributed by atoms with van der Waals surface area (Å²) in [6.45, 7) is 0. The van der Waals surface area contributed by atoms with Gasteiger partial charge >= 0.3 is 11.9 Å². The maximum absolute atomic E-state index is 12.5. The smallest absolute Gasteiger partial charge is 0.339 e. The number of halogens is 2. The number of nitrogens with one attached hydrogen (secondary N) is 2. The van der Waals surface area contributed by atoms with Gasteiger partial charge in [-0.15, -0.1) is 0 Å². The molecule has 10 nitrogen and oxygen atoms in total. The van der Waals surface area contributed by atoms with Gasteiger partial charge in [-0.3, -0.25) is 9.59 Å². The molecule has 0 aromatic heterocycles. The maximum atomic E-state index is 12.5. The van der Waals surface area contributed by atoms with Gasteiger partial charge in [0.2, 0.25) is 0 Å². The van der Waals surface area contributed by atoms with Crippen LogP contribution < -0.4 is 20.1 Å². The van der Waals surface area contributed by atoms with Gasteiger partial charge in [0.25, 0.3) is 11.8 Å². The quantitative estimate of drug-likeness (QED) is 0.118. The van der Waals surface area contributed by atoms with Gasteiger partial charge in [-0.1, -0.05) is 71.7 Å². The second kappa shape index (κ2) is 18.0. The number of aromatic carboxylic acids is 1. The summed E-state index contributed by atoms with van der Waals surface area (Å²) in [5.41, 5.74) is 1.51. The van der Waals surface area contributed by atoms with Crippen LogP contribution in [0.15, 0.2) is 146 Å². The minimum atomic E-state index is -1.15. The highest BCUT2D eigenvalue weighted by atomic mass is 35.5. The lowest BCUT2D eigenvalue weighted by atomic mass is 10.1. The number of rotatable bonds is 10. The van der Waals surface area contributed by atoms with Crippen molar-refractivity contribution in [3.05, 3.63) is 178 Å². The molecule has 6 aromatic carbocycles. The molecule has 0 saturated heterocycles. The van der Waals surface area contributed by atoms with E-state index in [1.54, 1.807) is 115 Å². The Labute approximate surface area is 314 Å². The second-order valence-electron chi connectivity index (χ2n) is 11.0. The summed E-state index contributed by atoms with van der Waals surface area (Å²) in [7, 11) is 1.28. The van der Waals surface area contributed by atoms with Crippen LogP contribution in [-0.2, 0) is 4.74 Å². The van der Waals surface area contributed by atoms with Crippen molar-refractivity contribution in [3.8, 4) is 23.0 Å². The standard InChI is InChI=1S/C21H16ClNO4.C20H14ClNO4/c1-26-21(25)18-11-10-17(27-16-9-5-8-15(22)12-16)13-19(18)23-20(24)14-6-3-2-4-7-14;21-14-7-4-8-15(11-14)26-16-9-10-17(20(24)25)18(12-16)22-19(23)13-5-2-1-3-6-13/h2-13H,1H3,(H,23,24);1-12H,(H,22,23)(H,24,25). The predicted octanol–water partition coefficient (Wildman–Crippen LogP) is 10.3. The number of amides is 2. The summed E-state index contributed by atoms with van der Waals surface area (Å²) in [4.78, 5) is 48.3. The fourth-order valence-electron chi connectivity index (χ4n) is 4.76. The lowest BCUT2D eigenvalue weighted by Crippen LogP contribution is -2.15. The molecule has 6 aromatic rings. The summed E-state index contributed by atoms with van der Waals surface area (Å²) < 4.78 is 16.3. The molecule has 0 heterocycles. The molecule has 0 aliphatic carbocycles. The number of methoxy groups -OCH3 is 1. The van der Waals surface area contributed by atoms with E-state index in [4.69, 9.17) is 37.4 Å². The van der Waals surface area contributed by atoms with E-state index in [1.165, 1.54) is 31.4 Å². The van der Waals surface area contributed by atoms with Crippen LogP contribution in [0.5, 0.6) is 23.0 Å². The third-order valence-corrected chi connectivity index (χ3v) is 7.72. The number of carbonyl (C=O) groups is 4. The van der Waals surface area contributed by atoms with E-state index in [0.29, 0.717) is 44.2 Å². The number of hydrogen-bond acceptors (Lipinski definition) is 7. The van der Waals surface area contributed by atoms with Gasteiger partial charge in [-0.25, -0.2) is 9.59 Å². The number of esters is 1. The molecule has 0 bridgehead atoms. The average molecular weight is 750 g/mol. The van der Waals surface area contributed by atoms with Gasteiger partial charge in [0.05, 0.1) is 29.6 Å². The molecule has 2 amide bonds. The van der Waals surface area contributed by atoms with Crippen molar-refractivity contribution in [2.75, 3.05) is 17.7 Å². The fourth-order valence-corrected chi connectivity index (χ4v) is 5.12. The normalized spacial score (nSPS) is 10.2. The molecule has 3 N–H and O–H groups in total. The summed E-state index contributed by atoms with van der Waals surface area (Å²) in [5, 5.41) is 15.8. The number of carboxylic acid groups (broad SMARTS) is 1. The van der Waals surface area contributed by atoms with Gasteiger partial charge in [-0.05, 0) is 84.9 Å². The van der Waals surface area contributed by atoms with E-state index < -0.39 is 17.8 Å². The summed E-state index contributed by atoms with van der Waals surface area (Å²) in [6.07, 6.45) is 0. The zero-order valence-electron chi connectivity index (χ0n) is 27.9. The summed E-state index contributed by atoms with van der Waals surface area (Å²) in [6, 6.07) is 40.0. The van der Waals surface area contributed by atoms with E-state index in [2.05, 4.69) is 10.6 Å². The van der Waals surface area contributed by atoms with Gasteiger partial charge in [0.1, 0.15) is 23.0 Å². The molecule has 0 saturated carbocycles. The van der Waals surface area contributed by atoms with Gasteiger partial charge in [-0.2, -0.15) is 0 Å². The Kier molecular flexibility index (Phi) is 12.8. The van der Waals surface area contributed by atoms with Gasteiger partial charge in [0, 0.05) is 33.3 Å². The van der Waals surface area contributed by atoms with E-state index in [0.717, 1.165) is 0 Å². The number of benzene rings is 6. The highest BCUT2D eigenvalue weighted by Gasteiger charge is 2.17. The van der Waals surface area contributed by atoms with Crippen LogP contribution in [0.4, 0.5) is 11.4 Å². The van der Waals surface area contributed by atoms with E-state index in [9.17, 15) is 24.3 Å². The van der Waals surface area contributed by atoms with E-state index >= 15 is 0 Å². The molecule has 0 radical (unpaired) electrons. The first-order valence-corrected chi connectivity index (χ1v) is 16.5. The first-order chi connectivity index (χ1) is 25.6. The average Bonchev–Trinajstić information content (AvgIpc) is 3.15. The lowest BCUT2D eigenvalue weighted by Gasteiger charge is -2.13. The molecule has 0 aliphatic heterocycles.